The molecule has 2 aromatic carbocycles. The third-order valence-corrected chi connectivity index (χ3v) is 10.3. The minimum absolute atomic E-state index is 0.0409. The number of benzene rings is 2. The Morgan fingerprint density at radius 3 is 2.40 bits per heavy atom. The number of nitrogens with one attached hydrogen (secondary N) is 1. The lowest BCUT2D eigenvalue weighted by Crippen LogP contribution is -2.47. The number of esters is 1. The third kappa shape index (κ3) is 14.2. The van der Waals surface area contributed by atoms with E-state index in [0.29, 0.717) is 68.1 Å². The normalized spacial score (nSPS) is 16.4. The maximum atomic E-state index is 13.9. The lowest BCUT2D eigenvalue weighted by Gasteiger charge is -2.35. The van der Waals surface area contributed by atoms with E-state index in [0.717, 1.165) is 56.9 Å². The summed E-state index contributed by atoms with van der Waals surface area (Å²) in [6.07, 6.45) is 8.14. The highest BCUT2D eigenvalue weighted by Gasteiger charge is 2.31. The van der Waals surface area contributed by atoms with E-state index in [9.17, 15) is 24.0 Å². The van der Waals surface area contributed by atoms with Gasteiger partial charge < -0.3 is 29.2 Å². The maximum absolute atomic E-state index is 13.9. The summed E-state index contributed by atoms with van der Waals surface area (Å²) in [7, 11) is 2.94. The Morgan fingerprint density at radius 2 is 1.70 bits per heavy atom. The van der Waals surface area contributed by atoms with E-state index in [1.807, 2.05) is 31.2 Å². The summed E-state index contributed by atoms with van der Waals surface area (Å²) in [6.45, 7) is 8.95. The first kappa shape index (κ1) is 44.8. The van der Waals surface area contributed by atoms with Crippen LogP contribution in [0.5, 0.6) is 11.5 Å². The Bertz CT molecular complexity index is 1710. The number of piperidine rings is 1. The van der Waals surface area contributed by atoms with Crippen LogP contribution in [0.3, 0.4) is 0 Å². The van der Waals surface area contributed by atoms with Crippen molar-refractivity contribution >= 4 is 35.5 Å². The van der Waals surface area contributed by atoms with Crippen LogP contribution in [-0.2, 0) is 30.4 Å². The molecule has 1 saturated heterocycles. The Hall–Kier alpha value is -4.94. The van der Waals surface area contributed by atoms with Gasteiger partial charge in [0, 0.05) is 55.1 Å². The number of rotatable bonds is 17. The Kier molecular flexibility index (Phi) is 17.4. The van der Waals surface area contributed by atoms with Crippen molar-refractivity contribution in [2.45, 2.75) is 116 Å². The average molecular weight is 791 g/mol. The second kappa shape index (κ2) is 22.1. The molecule has 57 heavy (non-hydrogen) atoms. The summed E-state index contributed by atoms with van der Waals surface area (Å²) in [5.41, 5.74) is 1.53. The first-order valence-corrected chi connectivity index (χ1v) is 20.4. The van der Waals surface area contributed by atoms with Crippen molar-refractivity contribution < 1.29 is 42.9 Å². The molecule has 4 rings (SSSR count). The van der Waals surface area contributed by atoms with Crippen LogP contribution in [0.4, 0.5) is 4.79 Å². The molecule has 0 spiro atoms. The van der Waals surface area contributed by atoms with Crippen LogP contribution in [-0.4, -0.2) is 97.9 Å². The molecule has 1 unspecified atom stereocenters. The van der Waals surface area contributed by atoms with E-state index in [-0.39, 0.29) is 48.4 Å². The number of carbonyl (C=O) groups excluding carboxylic acids is 5. The summed E-state index contributed by atoms with van der Waals surface area (Å²) in [5, 5.41) is 2.96. The van der Waals surface area contributed by atoms with Crippen molar-refractivity contribution in [3.63, 3.8) is 0 Å². The Balaban J connectivity index is 1.46. The number of nitrogens with zero attached hydrogens (tertiary/aromatic N) is 3. The molecule has 0 aromatic heterocycles. The van der Waals surface area contributed by atoms with Crippen LogP contribution in [0.25, 0.3) is 0 Å². The van der Waals surface area contributed by atoms with E-state index >= 15 is 0 Å². The number of carbonyl (C=O) groups is 5. The van der Waals surface area contributed by atoms with Gasteiger partial charge in [-0.3, -0.25) is 24.1 Å². The van der Waals surface area contributed by atoms with Crippen molar-refractivity contribution in [1.82, 2.24) is 15.1 Å². The molecular weight excluding hydrogens is 729 g/mol. The number of methoxy groups -OCH3 is 2. The van der Waals surface area contributed by atoms with Gasteiger partial charge in [-0.2, -0.15) is 0 Å². The van der Waals surface area contributed by atoms with Crippen LogP contribution in [0.1, 0.15) is 126 Å². The van der Waals surface area contributed by atoms with Crippen molar-refractivity contribution in [1.29, 1.82) is 0 Å². The maximum Gasteiger partial charge on any atom is 0.411 e. The van der Waals surface area contributed by atoms with Gasteiger partial charge in [0.25, 0.3) is 11.8 Å². The quantitative estimate of drug-likeness (QED) is 0.0992. The van der Waals surface area contributed by atoms with Crippen LogP contribution >= 0.6 is 0 Å². The molecule has 1 aliphatic carbocycles. The summed E-state index contributed by atoms with van der Waals surface area (Å²) in [4.78, 5) is 73.6. The number of hydrogen-bond donors (Lipinski definition) is 1. The molecule has 2 fully saturated rings. The highest BCUT2D eigenvalue weighted by Crippen LogP contribution is 2.30. The van der Waals surface area contributed by atoms with Gasteiger partial charge >= 0.3 is 12.1 Å². The minimum Gasteiger partial charge on any atom is -0.497 e. The molecule has 1 saturated carbocycles. The topological polar surface area (TPSA) is 153 Å². The smallest absolute Gasteiger partial charge is 0.411 e. The second-order valence-electron chi connectivity index (χ2n) is 15.8. The van der Waals surface area contributed by atoms with E-state index in [4.69, 9.17) is 18.9 Å². The van der Waals surface area contributed by atoms with Crippen LogP contribution in [0, 0.1) is 5.92 Å². The summed E-state index contributed by atoms with van der Waals surface area (Å²) < 4.78 is 21.6. The van der Waals surface area contributed by atoms with Gasteiger partial charge in [0.1, 0.15) is 29.4 Å². The molecule has 0 bridgehead atoms. The zero-order valence-electron chi connectivity index (χ0n) is 34.7. The molecule has 13 heteroatoms. The van der Waals surface area contributed by atoms with Crippen LogP contribution < -0.4 is 14.8 Å². The Morgan fingerprint density at radius 1 is 0.930 bits per heavy atom. The van der Waals surface area contributed by atoms with Crippen LogP contribution in [0.15, 0.2) is 47.5 Å². The molecule has 1 aliphatic heterocycles. The number of likely N-dealkylation sites (tertiary alicyclic amines) is 1. The number of ether oxygens (including phenoxy) is 4. The zero-order valence-corrected chi connectivity index (χ0v) is 34.7. The molecule has 1 atom stereocenters. The van der Waals surface area contributed by atoms with Gasteiger partial charge in [0.15, 0.2) is 0 Å². The number of hydrogen-bond acceptors (Lipinski definition) is 9. The average Bonchev–Trinajstić information content (AvgIpc) is 3.21. The highest BCUT2D eigenvalue weighted by molar-refractivity contribution is 6.41. The predicted octanol–water partition coefficient (Wildman–Crippen LogP) is 7.25. The first-order valence-electron chi connectivity index (χ1n) is 20.4. The molecule has 1 heterocycles. The van der Waals surface area contributed by atoms with Gasteiger partial charge in [-0.05, 0) is 96.0 Å². The van der Waals surface area contributed by atoms with Crippen molar-refractivity contribution in [2.24, 2.45) is 10.9 Å². The Labute approximate surface area is 337 Å². The van der Waals surface area contributed by atoms with E-state index < -0.39 is 17.6 Å². The summed E-state index contributed by atoms with van der Waals surface area (Å²) in [6, 6.07) is 12.7. The largest absolute Gasteiger partial charge is 0.497 e. The lowest BCUT2D eigenvalue weighted by atomic mass is 9.85. The lowest BCUT2D eigenvalue weighted by molar-refractivity contribution is -0.140. The monoisotopic (exact) mass is 790 g/mol. The fraction of sp³-hybridized carbons (Fsp3) is 0.591. The summed E-state index contributed by atoms with van der Waals surface area (Å²) >= 11 is 0. The molecular formula is C44H62N4O9. The van der Waals surface area contributed by atoms with Crippen molar-refractivity contribution in [3.8, 4) is 11.5 Å². The van der Waals surface area contributed by atoms with Gasteiger partial charge in [0.2, 0.25) is 5.91 Å². The van der Waals surface area contributed by atoms with E-state index in [1.165, 1.54) is 12.0 Å². The van der Waals surface area contributed by atoms with Gasteiger partial charge in [0.05, 0.1) is 27.4 Å². The van der Waals surface area contributed by atoms with Crippen molar-refractivity contribution in [3.05, 3.63) is 59.2 Å². The van der Waals surface area contributed by atoms with Gasteiger partial charge in [-0.25, -0.2) is 9.79 Å². The van der Waals surface area contributed by atoms with Crippen LogP contribution in [0.2, 0.25) is 0 Å². The standard InChI is InChI=1S/C44H62N4O9/c1-7-56-37-27-36(54-5)23-22-35(37)29-48(43(53)57-44(2,3)4)30-38(49)47-25-15-20-34(28-47)32-18-14-19-33(26-32)41(51)46-40(31-16-10-8-11-17-31)42(52)45-24-13-9-12-21-39(50)55-6/h14,18-19,22-23,26-27,31,34H,7-13,15-17,20-21,24-25,28-30H2,1-6H3,(H,45,52). The molecule has 2 aromatic rings. The zero-order chi connectivity index (χ0) is 41.4. The van der Waals surface area contributed by atoms with Gasteiger partial charge in [-0.15, -0.1) is 0 Å². The SMILES string of the molecule is CCOc1cc(OC)ccc1CN(CC(=O)N1CCCC(c2cccc(C(=O)N=C(C(=O)NCCCCCC(=O)OC)C3CCCCC3)c2)C1)C(=O)OC(C)(C)C. The fourth-order valence-corrected chi connectivity index (χ4v) is 7.31. The van der Waals surface area contributed by atoms with Crippen molar-refractivity contribution in [2.75, 3.05) is 47.0 Å². The molecule has 1 N–H and O–H groups in total. The highest BCUT2D eigenvalue weighted by atomic mass is 16.6. The number of unbranched alkanes of at least 4 members (excludes halogenated alkanes) is 2. The predicted molar refractivity (Wildman–Crippen MR) is 218 cm³/mol. The fourth-order valence-electron chi connectivity index (χ4n) is 7.31. The molecule has 0 radical (unpaired) electrons. The molecule has 2 aliphatic rings. The minimum atomic E-state index is -0.765. The second-order valence-corrected chi connectivity index (χ2v) is 15.8. The van der Waals surface area contributed by atoms with E-state index in [1.54, 1.807) is 51.0 Å². The number of amides is 4. The van der Waals surface area contributed by atoms with E-state index in [2.05, 4.69) is 10.3 Å². The first-order chi connectivity index (χ1) is 27.3. The number of aliphatic imine (C=N–C) groups is 1. The van der Waals surface area contributed by atoms with Gasteiger partial charge in [-0.1, -0.05) is 37.8 Å². The molecule has 13 nitrogen and oxygen atoms in total. The third-order valence-electron chi connectivity index (χ3n) is 10.3. The molecule has 312 valence electrons. The molecule has 4 amide bonds. The summed E-state index contributed by atoms with van der Waals surface area (Å²) in [5.74, 6) is -0.186.